The van der Waals surface area contributed by atoms with E-state index in [1.165, 1.54) is 0 Å². The molecule has 4 rings (SSSR count). The number of thiazole rings is 2. The van der Waals surface area contributed by atoms with Gasteiger partial charge < -0.3 is 10.6 Å². The number of hydrogen-bond donors (Lipinski definition) is 4. The third-order valence-electron chi connectivity index (χ3n) is 5.94. The molecule has 4 aromatic rings. The van der Waals surface area contributed by atoms with Crippen molar-refractivity contribution >= 4 is 76.2 Å². The van der Waals surface area contributed by atoms with E-state index >= 15 is 0 Å². The van der Waals surface area contributed by atoms with E-state index in [1.807, 2.05) is 62.4 Å². The van der Waals surface area contributed by atoms with E-state index < -0.39 is 66.3 Å². The van der Waals surface area contributed by atoms with Crippen LogP contribution < -0.4 is 21.5 Å². The highest BCUT2D eigenvalue weighted by Crippen LogP contribution is 2.26. The number of anilines is 2. The smallest absolute Gasteiger partial charge is 0.253 e. The van der Waals surface area contributed by atoms with Crippen LogP contribution in [0.3, 0.4) is 0 Å². The molecule has 4 amide bonds. The second kappa shape index (κ2) is 14.7. The zero-order chi connectivity index (χ0) is 33.5. The fraction of sp³-hybridized carbons (Fsp3) is 0.214. The Hall–Kier alpha value is -4.52. The number of nitrogens with one attached hydrogen (secondary N) is 4. The summed E-state index contributed by atoms with van der Waals surface area (Å²) in [5.41, 5.74) is 8.51. The van der Waals surface area contributed by atoms with Crippen molar-refractivity contribution in [3.05, 3.63) is 70.4 Å². The first-order valence-electron chi connectivity index (χ1n) is 13.3. The Bertz CT molecular complexity index is 1830. The molecule has 2 aromatic heterocycles. The molecule has 18 heteroatoms. The largest absolute Gasteiger partial charge is 0.301 e. The van der Waals surface area contributed by atoms with Crippen molar-refractivity contribution in [3.8, 4) is 22.5 Å². The number of benzene rings is 2. The predicted octanol–water partition coefficient (Wildman–Crippen LogP) is 2.10. The molecule has 0 saturated heterocycles. The van der Waals surface area contributed by atoms with E-state index in [0.717, 1.165) is 44.9 Å². The number of hydrogen-bond acceptors (Lipinski definition) is 12. The van der Waals surface area contributed by atoms with Gasteiger partial charge in [-0.3, -0.25) is 30.0 Å². The molecule has 0 aliphatic rings. The van der Waals surface area contributed by atoms with Gasteiger partial charge >= 0.3 is 0 Å². The Morgan fingerprint density at radius 1 is 0.565 bits per heavy atom. The lowest BCUT2D eigenvalue weighted by Gasteiger charge is -2.09. The molecule has 0 aliphatic carbocycles. The van der Waals surface area contributed by atoms with Gasteiger partial charge in [0.2, 0.25) is 11.8 Å². The molecule has 0 atom stereocenters. The zero-order valence-corrected chi connectivity index (χ0v) is 27.7. The van der Waals surface area contributed by atoms with E-state index in [2.05, 4.69) is 20.6 Å². The predicted molar refractivity (Wildman–Crippen MR) is 175 cm³/mol. The van der Waals surface area contributed by atoms with Gasteiger partial charge in [-0.25, -0.2) is 26.8 Å². The molecule has 0 fully saturated rings. The van der Waals surface area contributed by atoms with Crippen molar-refractivity contribution in [2.24, 2.45) is 0 Å². The molecular formula is C28H28N6O8S4. The summed E-state index contributed by atoms with van der Waals surface area (Å²) in [5, 5.41) is 8.48. The average molecular weight is 705 g/mol. The molecule has 0 radical (unpaired) electrons. The number of aryl methyl sites for hydroxylation is 2. The maximum Gasteiger partial charge on any atom is 0.253 e. The lowest BCUT2D eigenvalue weighted by Crippen LogP contribution is -2.47. The Labute approximate surface area is 272 Å². The first-order chi connectivity index (χ1) is 21.7. The van der Waals surface area contributed by atoms with Gasteiger partial charge in [-0.15, -0.1) is 22.7 Å². The van der Waals surface area contributed by atoms with Gasteiger partial charge in [0.25, 0.3) is 11.8 Å². The fourth-order valence-electron chi connectivity index (χ4n) is 3.80. The Morgan fingerprint density at radius 3 is 1.24 bits per heavy atom. The SMILES string of the molecule is Cc1ccc(-c2csc(NC(=O)CS(=O)(=O)CC(=O)NNC(=O)CS(=O)(=O)CC(=O)Nc3nc(-c4ccc(C)cc4)cs3)n2)cc1. The van der Waals surface area contributed by atoms with Crippen LogP contribution in [0, 0.1) is 13.8 Å². The second-order valence-corrected chi connectivity index (χ2v) is 15.9. The van der Waals surface area contributed by atoms with Gasteiger partial charge in [0.05, 0.1) is 11.4 Å². The van der Waals surface area contributed by atoms with Crippen molar-refractivity contribution in [1.29, 1.82) is 0 Å². The van der Waals surface area contributed by atoms with Crippen molar-refractivity contribution in [2.45, 2.75) is 13.8 Å². The Balaban J connectivity index is 1.18. The molecule has 0 aliphatic heterocycles. The monoisotopic (exact) mass is 704 g/mol. The summed E-state index contributed by atoms with van der Waals surface area (Å²) in [6.45, 7) is 3.87. The minimum Gasteiger partial charge on any atom is -0.301 e. The minimum absolute atomic E-state index is 0.168. The lowest BCUT2D eigenvalue weighted by molar-refractivity contribution is -0.126. The summed E-state index contributed by atoms with van der Waals surface area (Å²) in [6, 6.07) is 15.0. The summed E-state index contributed by atoms with van der Waals surface area (Å²) in [6.07, 6.45) is 0. The molecule has 14 nitrogen and oxygen atoms in total. The van der Waals surface area contributed by atoms with Gasteiger partial charge in [0.15, 0.2) is 29.9 Å². The summed E-state index contributed by atoms with van der Waals surface area (Å²) in [4.78, 5) is 57.2. The van der Waals surface area contributed by atoms with Crippen LogP contribution in [0.5, 0.6) is 0 Å². The minimum atomic E-state index is -4.27. The average Bonchev–Trinajstić information content (AvgIpc) is 3.61. The first kappa shape index (κ1) is 34.4. The van der Waals surface area contributed by atoms with Crippen LogP contribution >= 0.6 is 22.7 Å². The molecule has 0 bridgehead atoms. The van der Waals surface area contributed by atoms with Gasteiger partial charge in [-0.05, 0) is 13.8 Å². The van der Waals surface area contributed by atoms with E-state index in [1.54, 1.807) is 21.6 Å². The number of amides is 4. The topological polar surface area (TPSA) is 210 Å². The van der Waals surface area contributed by atoms with Crippen molar-refractivity contribution in [2.75, 3.05) is 33.6 Å². The highest BCUT2D eigenvalue weighted by atomic mass is 32.2. The summed E-state index contributed by atoms with van der Waals surface area (Å²) in [5.74, 6) is -8.67. The number of nitrogens with zero attached hydrogens (tertiary/aromatic N) is 2. The van der Waals surface area contributed by atoms with E-state index in [9.17, 15) is 36.0 Å². The van der Waals surface area contributed by atoms with Crippen molar-refractivity contribution in [3.63, 3.8) is 0 Å². The normalized spacial score (nSPS) is 11.4. The van der Waals surface area contributed by atoms with Crippen LogP contribution in [-0.2, 0) is 38.9 Å². The number of carbonyl (C=O) groups excluding carboxylic acids is 4. The molecule has 0 saturated carbocycles. The Morgan fingerprint density at radius 2 is 0.891 bits per heavy atom. The van der Waals surface area contributed by atoms with E-state index in [0.29, 0.717) is 11.4 Å². The molecule has 4 N–H and O–H groups in total. The quantitative estimate of drug-likeness (QED) is 0.158. The third-order valence-corrected chi connectivity index (χ3v) is 10.3. The fourth-order valence-corrected chi connectivity index (χ4v) is 7.36. The molecule has 2 heterocycles. The van der Waals surface area contributed by atoms with Crippen LogP contribution in [0.4, 0.5) is 10.3 Å². The molecule has 0 unspecified atom stereocenters. The molecule has 242 valence electrons. The summed E-state index contributed by atoms with van der Waals surface area (Å²) in [7, 11) is -8.54. The number of aromatic nitrogens is 2. The molecule has 0 spiro atoms. The van der Waals surface area contributed by atoms with E-state index in [-0.39, 0.29) is 10.3 Å². The van der Waals surface area contributed by atoms with Crippen LogP contribution in [-0.4, -0.2) is 73.4 Å². The molecule has 46 heavy (non-hydrogen) atoms. The maximum absolute atomic E-state index is 12.3. The standard InChI is InChI=1S/C28H28N6O8S4/c1-17-3-7-19(8-4-17)21-11-43-27(29-21)31-23(35)13-45(39,40)15-25(37)33-34-26(38)16-46(41,42)14-24(36)32-28-30-22(12-44-28)20-9-5-18(2)6-10-20/h3-12H,13-16H2,1-2H3,(H,33,37)(H,34,38)(H,29,31,35)(H,30,32,36). The zero-order valence-electron chi connectivity index (χ0n) is 24.4. The number of carbonyl (C=O) groups is 4. The van der Waals surface area contributed by atoms with Gasteiger partial charge in [0.1, 0.15) is 23.0 Å². The van der Waals surface area contributed by atoms with Crippen molar-refractivity contribution < 1.29 is 36.0 Å². The second-order valence-electron chi connectivity index (χ2n) is 10.1. The van der Waals surface area contributed by atoms with Crippen molar-refractivity contribution in [1.82, 2.24) is 20.8 Å². The van der Waals surface area contributed by atoms with Gasteiger partial charge in [-0.1, -0.05) is 59.7 Å². The number of sulfone groups is 2. The highest BCUT2D eigenvalue weighted by molar-refractivity contribution is 7.93. The highest BCUT2D eigenvalue weighted by Gasteiger charge is 2.24. The van der Waals surface area contributed by atoms with Crippen LogP contribution in [0.25, 0.3) is 22.5 Å². The number of hydrazine groups is 1. The van der Waals surface area contributed by atoms with Crippen LogP contribution in [0.1, 0.15) is 11.1 Å². The third kappa shape index (κ3) is 10.5. The Kier molecular flexibility index (Phi) is 11.0. The van der Waals surface area contributed by atoms with Gasteiger partial charge in [0, 0.05) is 21.9 Å². The lowest BCUT2D eigenvalue weighted by atomic mass is 10.1. The van der Waals surface area contributed by atoms with Crippen LogP contribution in [0.15, 0.2) is 59.3 Å². The molecule has 2 aromatic carbocycles. The number of rotatable bonds is 12. The van der Waals surface area contributed by atoms with E-state index in [4.69, 9.17) is 0 Å². The van der Waals surface area contributed by atoms with Crippen LogP contribution in [0.2, 0.25) is 0 Å². The summed E-state index contributed by atoms with van der Waals surface area (Å²) >= 11 is 2.19. The molecular weight excluding hydrogens is 677 g/mol. The van der Waals surface area contributed by atoms with Gasteiger partial charge in [-0.2, -0.15) is 0 Å². The summed E-state index contributed by atoms with van der Waals surface area (Å²) < 4.78 is 49.4. The maximum atomic E-state index is 12.3. The first-order valence-corrected chi connectivity index (χ1v) is 18.7.